The molecular weight excluding hydrogens is 440 g/mol. The summed E-state index contributed by atoms with van der Waals surface area (Å²) in [5.74, 6) is 2.49. The highest BCUT2D eigenvalue weighted by Gasteiger charge is 2.11. The Hall–Kier alpha value is -4.06. The maximum absolute atomic E-state index is 12.4. The fourth-order valence-corrected chi connectivity index (χ4v) is 3.64. The molecule has 35 heavy (non-hydrogen) atoms. The Kier molecular flexibility index (Phi) is 7.83. The molecule has 4 rings (SSSR count). The SMILES string of the molecule is COc1cc(CNC(=O)CCc2ncc(-c3ccc(C)c(C)c3)o2)ccc1OCc1ccccc1. The third-order valence-electron chi connectivity index (χ3n) is 5.87. The highest BCUT2D eigenvalue weighted by atomic mass is 16.5. The van der Waals surface area contributed by atoms with E-state index in [1.54, 1.807) is 13.3 Å². The van der Waals surface area contributed by atoms with Crippen LogP contribution in [0.25, 0.3) is 11.3 Å². The van der Waals surface area contributed by atoms with E-state index in [4.69, 9.17) is 13.9 Å². The number of aryl methyl sites for hydroxylation is 3. The van der Waals surface area contributed by atoms with Crippen LogP contribution in [0.4, 0.5) is 0 Å². The molecule has 0 saturated heterocycles. The Morgan fingerprint density at radius 1 is 0.943 bits per heavy atom. The van der Waals surface area contributed by atoms with Gasteiger partial charge in [0.15, 0.2) is 23.1 Å². The van der Waals surface area contributed by atoms with Crippen molar-refractivity contribution < 1.29 is 18.7 Å². The molecule has 0 fully saturated rings. The smallest absolute Gasteiger partial charge is 0.220 e. The van der Waals surface area contributed by atoms with E-state index in [0.29, 0.717) is 49.1 Å². The van der Waals surface area contributed by atoms with Gasteiger partial charge in [0.25, 0.3) is 0 Å². The van der Waals surface area contributed by atoms with Gasteiger partial charge in [0, 0.05) is 24.9 Å². The van der Waals surface area contributed by atoms with Gasteiger partial charge in [-0.1, -0.05) is 48.5 Å². The van der Waals surface area contributed by atoms with E-state index < -0.39 is 0 Å². The Balaban J connectivity index is 1.27. The molecule has 1 N–H and O–H groups in total. The van der Waals surface area contributed by atoms with Crippen LogP contribution in [0.2, 0.25) is 0 Å². The van der Waals surface area contributed by atoms with Crippen LogP contribution in [0.3, 0.4) is 0 Å². The number of aromatic nitrogens is 1. The molecule has 6 heteroatoms. The molecule has 0 saturated carbocycles. The predicted molar refractivity (Wildman–Crippen MR) is 135 cm³/mol. The van der Waals surface area contributed by atoms with Crippen LogP contribution >= 0.6 is 0 Å². The molecule has 3 aromatic carbocycles. The fourth-order valence-electron chi connectivity index (χ4n) is 3.64. The topological polar surface area (TPSA) is 73.6 Å². The summed E-state index contributed by atoms with van der Waals surface area (Å²) in [7, 11) is 1.61. The minimum Gasteiger partial charge on any atom is -0.493 e. The number of hydrogen-bond donors (Lipinski definition) is 1. The van der Waals surface area contributed by atoms with Crippen molar-refractivity contribution in [2.75, 3.05) is 7.11 Å². The molecule has 0 radical (unpaired) electrons. The normalized spacial score (nSPS) is 10.7. The minimum absolute atomic E-state index is 0.0701. The molecule has 0 spiro atoms. The van der Waals surface area contributed by atoms with Crippen LogP contribution in [-0.4, -0.2) is 18.0 Å². The van der Waals surface area contributed by atoms with Crippen molar-refractivity contribution in [2.45, 2.75) is 39.8 Å². The van der Waals surface area contributed by atoms with Crippen molar-refractivity contribution in [1.29, 1.82) is 0 Å². The van der Waals surface area contributed by atoms with Gasteiger partial charge in [-0.25, -0.2) is 4.98 Å². The molecule has 1 heterocycles. The first-order chi connectivity index (χ1) is 17.0. The van der Waals surface area contributed by atoms with Crippen molar-refractivity contribution in [1.82, 2.24) is 10.3 Å². The second-order valence-corrected chi connectivity index (χ2v) is 8.45. The molecule has 1 amide bonds. The van der Waals surface area contributed by atoms with Crippen LogP contribution in [0.1, 0.15) is 34.6 Å². The Morgan fingerprint density at radius 3 is 2.54 bits per heavy atom. The maximum atomic E-state index is 12.4. The second kappa shape index (κ2) is 11.4. The van der Waals surface area contributed by atoms with Gasteiger partial charge in [-0.15, -0.1) is 0 Å². The highest BCUT2D eigenvalue weighted by molar-refractivity contribution is 5.76. The average molecular weight is 471 g/mol. The van der Waals surface area contributed by atoms with E-state index >= 15 is 0 Å². The molecule has 0 atom stereocenters. The van der Waals surface area contributed by atoms with Gasteiger partial charge >= 0.3 is 0 Å². The van der Waals surface area contributed by atoms with E-state index in [1.165, 1.54) is 11.1 Å². The molecule has 4 aromatic rings. The molecule has 0 aliphatic heterocycles. The van der Waals surface area contributed by atoms with Crippen molar-refractivity contribution in [3.05, 3.63) is 101 Å². The summed E-state index contributed by atoms with van der Waals surface area (Å²) in [6.07, 6.45) is 2.44. The summed E-state index contributed by atoms with van der Waals surface area (Å²) < 4.78 is 17.2. The quantitative estimate of drug-likeness (QED) is 0.317. The summed E-state index contributed by atoms with van der Waals surface area (Å²) in [6, 6.07) is 21.8. The molecule has 180 valence electrons. The molecule has 0 aliphatic carbocycles. The number of carbonyl (C=O) groups is 1. The molecular formula is C29H30N2O4. The lowest BCUT2D eigenvalue weighted by Gasteiger charge is -2.13. The van der Waals surface area contributed by atoms with Gasteiger partial charge in [0.05, 0.1) is 13.3 Å². The molecule has 0 bridgehead atoms. The van der Waals surface area contributed by atoms with Gasteiger partial charge in [0.2, 0.25) is 5.91 Å². The minimum atomic E-state index is -0.0701. The van der Waals surface area contributed by atoms with Gasteiger partial charge in [-0.3, -0.25) is 4.79 Å². The second-order valence-electron chi connectivity index (χ2n) is 8.45. The van der Waals surface area contributed by atoms with E-state index in [-0.39, 0.29) is 5.91 Å². The van der Waals surface area contributed by atoms with E-state index in [9.17, 15) is 4.79 Å². The third-order valence-corrected chi connectivity index (χ3v) is 5.87. The molecule has 0 unspecified atom stereocenters. The van der Waals surface area contributed by atoms with Gasteiger partial charge in [-0.2, -0.15) is 0 Å². The van der Waals surface area contributed by atoms with E-state index in [1.807, 2.05) is 54.6 Å². The highest BCUT2D eigenvalue weighted by Crippen LogP contribution is 2.29. The number of benzene rings is 3. The molecule has 1 aromatic heterocycles. The first kappa shape index (κ1) is 24.1. The zero-order valence-electron chi connectivity index (χ0n) is 20.3. The Morgan fingerprint density at radius 2 is 1.77 bits per heavy atom. The van der Waals surface area contributed by atoms with E-state index in [0.717, 1.165) is 16.7 Å². The number of hydrogen-bond acceptors (Lipinski definition) is 5. The summed E-state index contributed by atoms with van der Waals surface area (Å²) in [6.45, 7) is 5.00. The monoisotopic (exact) mass is 470 g/mol. The number of rotatable bonds is 10. The summed E-state index contributed by atoms with van der Waals surface area (Å²) in [5, 5.41) is 2.95. The third kappa shape index (κ3) is 6.51. The zero-order chi connectivity index (χ0) is 24.6. The van der Waals surface area contributed by atoms with Crippen LogP contribution in [0.15, 0.2) is 77.3 Å². The number of amides is 1. The first-order valence-electron chi connectivity index (χ1n) is 11.6. The lowest BCUT2D eigenvalue weighted by Crippen LogP contribution is -2.23. The number of ether oxygens (including phenoxy) is 2. The van der Waals surface area contributed by atoms with Crippen molar-refractivity contribution in [2.24, 2.45) is 0 Å². The van der Waals surface area contributed by atoms with Gasteiger partial charge in [-0.05, 0) is 54.3 Å². The Labute approximate surface area is 205 Å². The first-order valence-corrected chi connectivity index (χ1v) is 11.6. The Bertz CT molecular complexity index is 1280. The lowest BCUT2D eigenvalue weighted by atomic mass is 10.1. The average Bonchev–Trinajstić information content (AvgIpc) is 3.36. The zero-order valence-corrected chi connectivity index (χ0v) is 20.3. The standard InChI is InChI=1S/C29H30N2O4/c1-20-9-11-24(15-21(20)2)27-18-31-29(35-27)14-13-28(32)30-17-23-10-12-25(26(16-23)33-3)34-19-22-7-5-4-6-8-22/h4-12,15-16,18H,13-14,17,19H2,1-3H3,(H,30,32). The number of methoxy groups -OCH3 is 1. The number of carbonyl (C=O) groups excluding carboxylic acids is 1. The van der Waals surface area contributed by atoms with Crippen molar-refractivity contribution in [3.63, 3.8) is 0 Å². The summed E-state index contributed by atoms with van der Waals surface area (Å²) in [4.78, 5) is 16.7. The molecule has 6 nitrogen and oxygen atoms in total. The van der Waals surface area contributed by atoms with Crippen LogP contribution in [0, 0.1) is 13.8 Å². The summed E-state index contributed by atoms with van der Waals surface area (Å²) >= 11 is 0. The van der Waals surface area contributed by atoms with Gasteiger partial charge < -0.3 is 19.2 Å². The predicted octanol–water partition coefficient (Wildman–Crippen LogP) is 5.80. The lowest BCUT2D eigenvalue weighted by molar-refractivity contribution is -0.121. The van der Waals surface area contributed by atoms with Crippen molar-refractivity contribution in [3.8, 4) is 22.8 Å². The number of nitrogens with one attached hydrogen (secondary N) is 1. The summed E-state index contributed by atoms with van der Waals surface area (Å²) in [5.41, 5.74) is 5.43. The van der Waals surface area contributed by atoms with E-state index in [2.05, 4.69) is 36.3 Å². The largest absolute Gasteiger partial charge is 0.493 e. The van der Waals surface area contributed by atoms with Crippen LogP contribution in [0.5, 0.6) is 11.5 Å². The fraction of sp³-hybridized carbons (Fsp3) is 0.241. The number of oxazole rings is 1. The van der Waals surface area contributed by atoms with Crippen molar-refractivity contribution >= 4 is 5.91 Å². The van der Waals surface area contributed by atoms with Gasteiger partial charge in [0.1, 0.15) is 6.61 Å². The van der Waals surface area contributed by atoms with Crippen LogP contribution < -0.4 is 14.8 Å². The molecule has 0 aliphatic rings. The number of nitrogens with zero attached hydrogens (tertiary/aromatic N) is 1. The maximum Gasteiger partial charge on any atom is 0.220 e. The van der Waals surface area contributed by atoms with Crippen LogP contribution in [-0.2, 0) is 24.4 Å².